The highest BCUT2D eigenvalue weighted by molar-refractivity contribution is 5.35. The van der Waals surface area contributed by atoms with E-state index in [1.54, 1.807) is 0 Å². The fourth-order valence-electron chi connectivity index (χ4n) is 1.79. The van der Waals surface area contributed by atoms with Crippen LogP contribution < -0.4 is 5.32 Å². The van der Waals surface area contributed by atoms with Crippen molar-refractivity contribution in [3.8, 4) is 0 Å². The van der Waals surface area contributed by atoms with Crippen molar-refractivity contribution in [2.75, 3.05) is 6.54 Å². The van der Waals surface area contributed by atoms with Gasteiger partial charge in [0.25, 0.3) is 0 Å². The average molecular weight is 177 g/mol. The molecule has 2 heteroatoms. The zero-order valence-electron chi connectivity index (χ0n) is 7.88. The Bertz CT molecular complexity index is 309. The van der Waals surface area contributed by atoms with Crippen LogP contribution in [0.3, 0.4) is 0 Å². The van der Waals surface area contributed by atoms with Crippen molar-refractivity contribution in [2.24, 2.45) is 0 Å². The average Bonchev–Trinajstić information content (AvgIpc) is 2.18. The summed E-state index contributed by atoms with van der Waals surface area (Å²) in [6.07, 6.45) is 0.711. The molecule has 2 N–H and O–H groups in total. The second-order valence-electron chi connectivity index (χ2n) is 3.53. The van der Waals surface area contributed by atoms with Gasteiger partial charge in [0, 0.05) is 13.1 Å². The van der Waals surface area contributed by atoms with Crippen LogP contribution in [0.4, 0.5) is 0 Å². The molecule has 0 aliphatic carbocycles. The quantitative estimate of drug-likeness (QED) is 0.679. The van der Waals surface area contributed by atoms with Crippen LogP contribution in [0.15, 0.2) is 18.2 Å². The molecule has 1 unspecified atom stereocenters. The molecule has 0 radical (unpaired) electrons. The van der Waals surface area contributed by atoms with E-state index in [2.05, 4.69) is 30.4 Å². The summed E-state index contributed by atoms with van der Waals surface area (Å²) in [5.74, 6) is 0. The van der Waals surface area contributed by atoms with Crippen LogP contribution in [-0.4, -0.2) is 11.7 Å². The maximum absolute atomic E-state index is 9.72. The van der Waals surface area contributed by atoms with E-state index in [9.17, 15) is 5.11 Å². The number of aliphatic hydroxyl groups excluding tert-OH is 1. The fraction of sp³-hybridized carbons (Fsp3) is 0.455. The number of β-amino-alcohol motifs (C(OH)–C–C–N with tert-alkyl or cyclic N) is 1. The van der Waals surface area contributed by atoms with Gasteiger partial charge in [-0.25, -0.2) is 0 Å². The molecule has 1 atom stereocenters. The maximum Gasteiger partial charge on any atom is 0.0917 e. The third kappa shape index (κ3) is 1.60. The summed E-state index contributed by atoms with van der Waals surface area (Å²) in [7, 11) is 0. The van der Waals surface area contributed by atoms with Crippen LogP contribution in [0.25, 0.3) is 0 Å². The summed E-state index contributed by atoms with van der Waals surface area (Å²) in [6.45, 7) is 3.70. The molecule has 1 aliphatic rings. The van der Waals surface area contributed by atoms with E-state index in [-0.39, 0.29) is 6.10 Å². The van der Waals surface area contributed by atoms with E-state index in [1.807, 2.05) is 0 Å². The summed E-state index contributed by atoms with van der Waals surface area (Å²) >= 11 is 0. The van der Waals surface area contributed by atoms with Gasteiger partial charge in [-0.15, -0.1) is 0 Å². The maximum atomic E-state index is 9.72. The Hall–Kier alpha value is -0.860. The summed E-state index contributed by atoms with van der Waals surface area (Å²) < 4.78 is 0. The Balaban J connectivity index is 2.41. The van der Waals surface area contributed by atoms with Gasteiger partial charge in [-0.3, -0.25) is 0 Å². The van der Waals surface area contributed by atoms with Crippen LogP contribution in [0.5, 0.6) is 0 Å². The number of rotatable bonds is 1. The predicted octanol–water partition coefficient (Wildman–Crippen LogP) is 1.39. The first kappa shape index (κ1) is 8.73. The molecule has 0 fully saturated rings. The lowest BCUT2D eigenvalue weighted by Gasteiger charge is -2.22. The Morgan fingerprint density at radius 2 is 2.38 bits per heavy atom. The smallest absolute Gasteiger partial charge is 0.0917 e. The fourth-order valence-corrected chi connectivity index (χ4v) is 1.79. The minimum atomic E-state index is -0.324. The topological polar surface area (TPSA) is 32.3 Å². The van der Waals surface area contributed by atoms with E-state index in [1.165, 1.54) is 11.1 Å². The molecular formula is C11H15NO. The number of aryl methyl sites for hydroxylation is 1. The van der Waals surface area contributed by atoms with Crippen molar-refractivity contribution in [1.82, 2.24) is 5.32 Å². The van der Waals surface area contributed by atoms with Crippen molar-refractivity contribution in [2.45, 2.75) is 26.0 Å². The largest absolute Gasteiger partial charge is 0.387 e. The minimum absolute atomic E-state index is 0.324. The van der Waals surface area contributed by atoms with Crippen molar-refractivity contribution in [3.05, 3.63) is 34.9 Å². The summed E-state index contributed by atoms with van der Waals surface area (Å²) in [5.41, 5.74) is 3.65. The van der Waals surface area contributed by atoms with Crippen molar-refractivity contribution in [3.63, 3.8) is 0 Å². The van der Waals surface area contributed by atoms with E-state index < -0.39 is 0 Å². The Morgan fingerprint density at radius 1 is 1.54 bits per heavy atom. The Morgan fingerprint density at radius 3 is 3.15 bits per heavy atom. The van der Waals surface area contributed by atoms with Gasteiger partial charge in [-0.2, -0.15) is 0 Å². The highest BCUT2D eigenvalue weighted by Gasteiger charge is 2.16. The first-order chi connectivity index (χ1) is 6.31. The number of aliphatic hydroxyl groups is 1. The van der Waals surface area contributed by atoms with Gasteiger partial charge in [0.1, 0.15) is 0 Å². The first-order valence-corrected chi connectivity index (χ1v) is 4.81. The minimum Gasteiger partial charge on any atom is -0.387 e. The molecule has 0 aromatic heterocycles. The number of hydrogen-bond acceptors (Lipinski definition) is 2. The monoisotopic (exact) mass is 177 g/mol. The molecule has 1 aromatic carbocycles. The molecule has 1 aliphatic heterocycles. The van der Waals surface area contributed by atoms with Crippen LogP contribution in [0, 0.1) is 0 Å². The third-order valence-corrected chi connectivity index (χ3v) is 2.63. The van der Waals surface area contributed by atoms with E-state index in [0.717, 1.165) is 18.5 Å². The Labute approximate surface area is 78.6 Å². The molecular weight excluding hydrogens is 162 g/mol. The second-order valence-corrected chi connectivity index (χ2v) is 3.53. The van der Waals surface area contributed by atoms with Crippen molar-refractivity contribution in [1.29, 1.82) is 0 Å². The molecule has 1 aromatic rings. The molecule has 70 valence electrons. The lowest BCUT2D eigenvalue weighted by Crippen LogP contribution is -2.27. The van der Waals surface area contributed by atoms with Crippen molar-refractivity contribution >= 4 is 0 Å². The van der Waals surface area contributed by atoms with Gasteiger partial charge in [0.2, 0.25) is 0 Å². The Kier molecular flexibility index (Phi) is 2.34. The number of hydrogen-bond donors (Lipinski definition) is 2. The first-order valence-electron chi connectivity index (χ1n) is 4.81. The summed E-state index contributed by atoms with van der Waals surface area (Å²) in [4.78, 5) is 0. The molecule has 0 spiro atoms. The molecule has 0 amide bonds. The zero-order chi connectivity index (χ0) is 9.26. The van der Waals surface area contributed by atoms with Crippen LogP contribution in [0.1, 0.15) is 29.7 Å². The van der Waals surface area contributed by atoms with E-state index in [4.69, 9.17) is 0 Å². The molecule has 2 rings (SSSR count). The standard InChI is InChI=1S/C11H15NO/c1-2-8-3-4-9-6-12-7-11(13)10(9)5-8/h3-5,11-13H,2,6-7H2,1H3. The summed E-state index contributed by atoms with van der Waals surface area (Å²) in [6, 6.07) is 6.38. The molecule has 0 saturated carbocycles. The molecule has 13 heavy (non-hydrogen) atoms. The van der Waals surface area contributed by atoms with Gasteiger partial charge in [-0.05, 0) is 23.1 Å². The van der Waals surface area contributed by atoms with E-state index >= 15 is 0 Å². The van der Waals surface area contributed by atoms with Gasteiger partial charge < -0.3 is 10.4 Å². The van der Waals surface area contributed by atoms with Crippen molar-refractivity contribution < 1.29 is 5.11 Å². The number of nitrogens with one attached hydrogen (secondary N) is 1. The number of benzene rings is 1. The van der Waals surface area contributed by atoms with Crippen LogP contribution >= 0.6 is 0 Å². The molecule has 2 nitrogen and oxygen atoms in total. The van der Waals surface area contributed by atoms with Gasteiger partial charge in [-0.1, -0.05) is 25.1 Å². The SMILES string of the molecule is CCc1ccc2c(c1)C(O)CNC2. The van der Waals surface area contributed by atoms with Gasteiger partial charge in [0.15, 0.2) is 0 Å². The van der Waals surface area contributed by atoms with Crippen LogP contribution in [-0.2, 0) is 13.0 Å². The highest BCUT2D eigenvalue weighted by Crippen LogP contribution is 2.23. The lowest BCUT2D eigenvalue weighted by molar-refractivity contribution is 0.165. The summed E-state index contributed by atoms with van der Waals surface area (Å²) in [5, 5.41) is 12.9. The van der Waals surface area contributed by atoms with Crippen LogP contribution in [0.2, 0.25) is 0 Å². The van der Waals surface area contributed by atoms with Gasteiger partial charge in [0.05, 0.1) is 6.10 Å². The third-order valence-electron chi connectivity index (χ3n) is 2.63. The predicted molar refractivity (Wildman–Crippen MR) is 52.5 cm³/mol. The zero-order valence-corrected chi connectivity index (χ0v) is 7.88. The normalized spacial score (nSPS) is 21.2. The molecule has 0 saturated heterocycles. The molecule has 0 bridgehead atoms. The number of fused-ring (bicyclic) bond motifs is 1. The lowest BCUT2D eigenvalue weighted by atomic mass is 9.96. The second kappa shape index (κ2) is 3.48. The highest BCUT2D eigenvalue weighted by atomic mass is 16.3. The van der Waals surface area contributed by atoms with E-state index in [0.29, 0.717) is 6.54 Å². The van der Waals surface area contributed by atoms with Gasteiger partial charge >= 0.3 is 0 Å². The molecule has 1 heterocycles.